The van der Waals surface area contributed by atoms with Crippen molar-refractivity contribution in [3.05, 3.63) is 75.3 Å². The first-order valence-electron chi connectivity index (χ1n) is 7.56. The molecular formula is C19H16Cl2N2OS. The lowest BCUT2D eigenvalue weighted by molar-refractivity contribution is 0.416. The fourth-order valence-corrected chi connectivity index (χ4v) is 3.89. The number of halogens is 2. The number of benzene rings is 2. The highest BCUT2D eigenvalue weighted by Gasteiger charge is 2.11. The maximum absolute atomic E-state index is 6.38. The van der Waals surface area contributed by atoms with E-state index in [1.54, 1.807) is 13.2 Å². The van der Waals surface area contributed by atoms with E-state index < -0.39 is 0 Å². The molecule has 2 aromatic carbocycles. The van der Waals surface area contributed by atoms with Gasteiger partial charge in [0.1, 0.15) is 11.4 Å². The molecule has 0 N–H and O–H groups in total. The fraction of sp³-hybridized carbons (Fsp3) is 0.105. The summed E-state index contributed by atoms with van der Waals surface area (Å²) in [7, 11) is 1.64. The monoisotopic (exact) mass is 390 g/mol. The van der Waals surface area contributed by atoms with Crippen molar-refractivity contribution in [3.8, 4) is 17.0 Å². The second-order valence-electron chi connectivity index (χ2n) is 5.21. The number of hydrogen-bond acceptors (Lipinski definition) is 3. The second-order valence-corrected chi connectivity index (χ2v) is 6.89. The number of nitrogens with zero attached hydrogens (tertiary/aromatic N) is 2. The van der Waals surface area contributed by atoms with Crippen molar-refractivity contribution in [1.29, 1.82) is 0 Å². The molecule has 1 heterocycles. The van der Waals surface area contributed by atoms with Crippen molar-refractivity contribution in [2.24, 2.45) is 4.99 Å². The zero-order valence-electron chi connectivity index (χ0n) is 13.6. The Morgan fingerprint density at radius 3 is 2.76 bits per heavy atom. The largest absolute Gasteiger partial charge is 0.494 e. The minimum absolute atomic E-state index is 0.604. The summed E-state index contributed by atoms with van der Waals surface area (Å²) in [5, 5.41) is 3.25. The third-order valence-electron chi connectivity index (χ3n) is 3.62. The van der Waals surface area contributed by atoms with Gasteiger partial charge in [-0.15, -0.1) is 17.9 Å². The molecule has 6 heteroatoms. The number of allylic oxidation sites excluding steroid dienone is 1. The van der Waals surface area contributed by atoms with E-state index in [4.69, 9.17) is 32.9 Å². The summed E-state index contributed by atoms with van der Waals surface area (Å²) < 4.78 is 7.46. The lowest BCUT2D eigenvalue weighted by atomic mass is 10.1. The van der Waals surface area contributed by atoms with E-state index >= 15 is 0 Å². The van der Waals surface area contributed by atoms with Crippen molar-refractivity contribution in [2.45, 2.75) is 6.54 Å². The van der Waals surface area contributed by atoms with Crippen LogP contribution in [0.4, 0.5) is 5.69 Å². The summed E-state index contributed by atoms with van der Waals surface area (Å²) in [5.41, 5.74) is 2.66. The van der Waals surface area contributed by atoms with Crippen LogP contribution in [0.15, 0.2) is 65.5 Å². The predicted octanol–water partition coefficient (Wildman–Crippen LogP) is 5.95. The molecule has 0 saturated carbocycles. The first-order chi connectivity index (χ1) is 12.1. The molecule has 0 fully saturated rings. The maximum atomic E-state index is 6.38. The van der Waals surface area contributed by atoms with Gasteiger partial charge in [0.15, 0.2) is 4.80 Å². The van der Waals surface area contributed by atoms with Gasteiger partial charge in [-0.3, -0.25) is 0 Å². The van der Waals surface area contributed by atoms with Crippen molar-refractivity contribution < 1.29 is 4.74 Å². The van der Waals surface area contributed by atoms with Crippen LogP contribution in [0.25, 0.3) is 11.3 Å². The maximum Gasteiger partial charge on any atom is 0.190 e. The molecule has 0 radical (unpaired) electrons. The number of rotatable bonds is 5. The molecule has 0 amide bonds. The summed E-state index contributed by atoms with van der Waals surface area (Å²) in [6.45, 7) is 4.47. The Hall–Kier alpha value is -2.01. The van der Waals surface area contributed by atoms with Crippen LogP contribution in [0.2, 0.25) is 10.0 Å². The first kappa shape index (κ1) is 17.8. The van der Waals surface area contributed by atoms with Crippen molar-refractivity contribution in [1.82, 2.24) is 4.57 Å². The van der Waals surface area contributed by atoms with Crippen molar-refractivity contribution in [3.63, 3.8) is 0 Å². The normalized spacial score (nSPS) is 11.6. The lowest BCUT2D eigenvalue weighted by Crippen LogP contribution is -2.15. The zero-order valence-corrected chi connectivity index (χ0v) is 15.9. The van der Waals surface area contributed by atoms with Gasteiger partial charge in [-0.1, -0.05) is 41.4 Å². The van der Waals surface area contributed by atoms with Crippen LogP contribution in [0.5, 0.6) is 5.75 Å². The molecule has 1 aromatic heterocycles. The Balaban J connectivity index is 2.18. The Morgan fingerprint density at radius 1 is 1.24 bits per heavy atom. The van der Waals surface area contributed by atoms with E-state index in [1.165, 1.54) is 11.3 Å². The highest BCUT2D eigenvalue weighted by atomic mass is 35.5. The van der Waals surface area contributed by atoms with Gasteiger partial charge >= 0.3 is 0 Å². The summed E-state index contributed by atoms with van der Waals surface area (Å²) in [4.78, 5) is 5.60. The molecule has 0 spiro atoms. The van der Waals surface area contributed by atoms with E-state index in [9.17, 15) is 0 Å². The Labute approximate surface area is 160 Å². The smallest absolute Gasteiger partial charge is 0.190 e. The van der Waals surface area contributed by atoms with E-state index in [-0.39, 0.29) is 0 Å². The van der Waals surface area contributed by atoms with Gasteiger partial charge in [-0.2, -0.15) is 0 Å². The van der Waals surface area contributed by atoms with Gasteiger partial charge in [0.25, 0.3) is 0 Å². The van der Waals surface area contributed by atoms with Crippen LogP contribution in [0.1, 0.15) is 0 Å². The number of ether oxygens (including phenoxy) is 1. The molecule has 25 heavy (non-hydrogen) atoms. The molecule has 3 rings (SSSR count). The molecule has 0 atom stereocenters. The average Bonchev–Trinajstić information content (AvgIpc) is 2.98. The highest BCUT2D eigenvalue weighted by Crippen LogP contribution is 2.31. The molecule has 0 aliphatic heterocycles. The van der Waals surface area contributed by atoms with Crippen LogP contribution in [0.3, 0.4) is 0 Å². The standard InChI is InChI=1S/C19H16Cl2N2OS/c1-3-10-23-17(14-9-8-13(20)11-15(14)21)12-25-19(23)22-16-6-4-5-7-18(16)24-2/h3-9,11-12H,1,10H2,2H3. The minimum atomic E-state index is 0.604. The SMILES string of the molecule is C=CCn1c(-c2ccc(Cl)cc2Cl)csc1=Nc1ccccc1OC. The summed E-state index contributed by atoms with van der Waals surface area (Å²) in [5.74, 6) is 0.729. The summed E-state index contributed by atoms with van der Waals surface area (Å²) >= 11 is 13.9. The third-order valence-corrected chi connectivity index (χ3v) is 5.03. The number of methoxy groups -OCH3 is 1. The van der Waals surface area contributed by atoms with Crippen LogP contribution >= 0.6 is 34.5 Å². The van der Waals surface area contributed by atoms with Gasteiger partial charge in [0.05, 0.1) is 17.8 Å². The summed E-state index contributed by atoms with van der Waals surface area (Å²) in [6.07, 6.45) is 1.83. The highest BCUT2D eigenvalue weighted by molar-refractivity contribution is 7.07. The molecule has 128 valence electrons. The van der Waals surface area contributed by atoms with E-state index in [1.807, 2.05) is 47.9 Å². The van der Waals surface area contributed by atoms with Crippen molar-refractivity contribution in [2.75, 3.05) is 7.11 Å². The topological polar surface area (TPSA) is 26.5 Å². The fourth-order valence-electron chi connectivity index (χ4n) is 2.46. The summed E-state index contributed by atoms with van der Waals surface area (Å²) in [6, 6.07) is 13.2. The molecular weight excluding hydrogens is 375 g/mol. The molecule has 0 unspecified atom stereocenters. The van der Waals surface area contributed by atoms with Gasteiger partial charge in [0, 0.05) is 22.5 Å². The first-order valence-corrected chi connectivity index (χ1v) is 9.20. The van der Waals surface area contributed by atoms with Crippen LogP contribution in [-0.4, -0.2) is 11.7 Å². The van der Waals surface area contributed by atoms with E-state index in [0.29, 0.717) is 16.6 Å². The van der Waals surface area contributed by atoms with Gasteiger partial charge in [-0.25, -0.2) is 4.99 Å². The molecule has 0 aliphatic carbocycles. The zero-order chi connectivity index (χ0) is 17.8. The molecule has 3 nitrogen and oxygen atoms in total. The molecule has 0 bridgehead atoms. The molecule has 0 saturated heterocycles. The molecule has 0 aliphatic rings. The van der Waals surface area contributed by atoms with Crippen molar-refractivity contribution >= 4 is 40.2 Å². The number of para-hydroxylation sites is 2. The van der Waals surface area contributed by atoms with Gasteiger partial charge in [0.2, 0.25) is 0 Å². The van der Waals surface area contributed by atoms with Crippen LogP contribution < -0.4 is 9.54 Å². The number of thiazole rings is 1. The lowest BCUT2D eigenvalue weighted by Gasteiger charge is -2.09. The third kappa shape index (κ3) is 3.82. The average molecular weight is 391 g/mol. The van der Waals surface area contributed by atoms with Gasteiger partial charge in [-0.05, 0) is 30.3 Å². The molecule has 3 aromatic rings. The van der Waals surface area contributed by atoms with E-state index in [0.717, 1.165) is 27.5 Å². The number of hydrogen-bond donors (Lipinski definition) is 0. The second kappa shape index (κ2) is 7.91. The van der Waals surface area contributed by atoms with Crippen LogP contribution in [-0.2, 0) is 6.54 Å². The number of aromatic nitrogens is 1. The Bertz CT molecular complexity index is 976. The predicted molar refractivity (Wildman–Crippen MR) is 106 cm³/mol. The van der Waals surface area contributed by atoms with Crippen LogP contribution in [0, 0.1) is 0 Å². The van der Waals surface area contributed by atoms with E-state index in [2.05, 4.69) is 11.1 Å². The Morgan fingerprint density at radius 2 is 2.04 bits per heavy atom. The Kier molecular flexibility index (Phi) is 5.63. The quantitative estimate of drug-likeness (QED) is 0.494. The van der Waals surface area contributed by atoms with Gasteiger partial charge < -0.3 is 9.30 Å². The minimum Gasteiger partial charge on any atom is -0.494 e.